The van der Waals surface area contributed by atoms with Crippen molar-refractivity contribution in [2.75, 3.05) is 6.54 Å². The van der Waals surface area contributed by atoms with Crippen LogP contribution in [0.25, 0.3) is 0 Å². The van der Waals surface area contributed by atoms with Crippen molar-refractivity contribution < 1.29 is 8.78 Å². The van der Waals surface area contributed by atoms with Crippen molar-refractivity contribution in [1.82, 2.24) is 5.32 Å². The molecule has 3 heteroatoms. The van der Waals surface area contributed by atoms with Crippen LogP contribution >= 0.6 is 0 Å². The summed E-state index contributed by atoms with van der Waals surface area (Å²) in [4.78, 5) is 0. The molecule has 1 rings (SSSR count). The summed E-state index contributed by atoms with van der Waals surface area (Å²) in [5, 5.41) is 2.92. The summed E-state index contributed by atoms with van der Waals surface area (Å²) < 4.78 is 25.6. The van der Waals surface area contributed by atoms with Gasteiger partial charge in [0.05, 0.1) is 0 Å². The molecule has 0 saturated carbocycles. The molecule has 1 heterocycles. The third-order valence-electron chi connectivity index (χ3n) is 2.01. The molecule has 0 spiro atoms. The van der Waals surface area contributed by atoms with Gasteiger partial charge in [-0.1, -0.05) is 0 Å². The van der Waals surface area contributed by atoms with E-state index in [4.69, 9.17) is 0 Å². The highest BCUT2D eigenvalue weighted by atomic mass is 19.2. The molecule has 1 aliphatic rings. The molecular formula is C7H13F2N. The molecule has 0 aromatic carbocycles. The van der Waals surface area contributed by atoms with Crippen LogP contribution in [0.1, 0.15) is 20.3 Å². The van der Waals surface area contributed by atoms with Crippen LogP contribution in [0.3, 0.4) is 0 Å². The Kier molecular flexibility index (Phi) is 1.95. The molecule has 1 aliphatic heterocycles. The largest absolute Gasteiger partial charge is 0.309 e. The fraction of sp³-hybridized carbons (Fsp3) is 1.00. The Balaban J connectivity index is 2.60. The highest BCUT2D eigenvalue weighted by molar-refractivity contribution is 4.95. The summed E-state index contributed by atoms with van der Waals surface area (Å²) in [5.41, 5.74) is -0.683. The Morgan fingerprint density at radius 2 is 2.00 bits per heavy atom. The van der Waals surface area contributed by atoms with E-state index in [9.17, 15) is 8.78 Å². The fourth-order valence-corrected chi connectivity index (χ4v) is 1.23. The lowest BCUT2D eigenvalue weighted by molar-refractivity contribution is 0.0504. The first-order valence-electron chi connectivity index (χ1n) is 3.57. The maximum atomic E-state index is 12.9. The first kappa shape index (κ1) is 7.92. The minimum Gasteiger partial charge on any atom is -0.309 e. The van der Waals surface area contributed by atoms with Crippen molar-refractivity contribution in [1.29, 1.82) is 0 Å². The lowest BCUT2D eigenvalue weighted by Crippen LogP contribution is -2.56. The average molecular weight is 149 g/mol. The second-order valence-electron chi connectivity index (χ2n) is 3.35. The predicted molar refractivity (Wildman–Crippen MR) is 36.5 cm³/mol. The van der Waals surface area contributed by atoms with Gasteiger partial charge in [-0.25, -0.2) is 8.78 Å². The van der Waals surface area contributed by atoms with Gasteiger partial charge in [-0.2, -0.15) is 0 Å². The summed E-state index contributed by atoms with van der Waals surface area (Å²) in [6.07, 6.45) is -2.34. The molecule has 0 bridgehead atoms. The quantitative estimate of drug-likeness (QED) is 0.549. The third kappa shape index (κ3) is 1.29. The summed E-state index contributed by atoms with van der Waals surface area (Å²) in [5.74, 6) is 0. The molecule has 60 valence electrons. The molecule has 1 nitrogen and oxygen atoms in total. The van der Waals surface area contributed by atoms with Gasteiger partial charge in [0, 0.05) is 5.54 Å². The van der Waals surface area contributed by atoms with Gasteiger partial charge in [-0.05, 0) is 26.8 Å². The monoisotopic (exact) mass is 149 g/mol. The van der Waals surface area contributed by atoms with Crippen molar-refractivity contribution in [3.63, 3.8) is 0 Å². The van der Waals surface area contributed by atoms with Gasteiger partial charge in [0.25, 0.3) is 0 Å². The Morgan fingerprint density at radius 1 is 1.40 bits per heavy atom. The van der Waals surface area contributed by atoms with Crippen LogP contribution in [-0.4, -0.2) is 24.4 Å². The number of halogens is 2. The number of alkyl halides is 2. The van der Waals surface area contributed by atoms with Gasteiger partial charge in [-0.15, -0.1) is 0 Å². The average Bonchev–Trinajstić information content (AvgIpc) is 1.83. The van der Waals surface area contributed by atoms with Gasteiger partial charge in [0.1, 0.15) is 12.3 Å². The van der Waals surface area contributed by atoms with E-state index in [1.165, 1.54) is 0 Å². The molecular weight excluding hydrogens is 136 g/mol. The van der Waals surface area contributed by atoms with E-state index in [1.807, 2.05) is 0 Å². The molecule has 0 aromatic heterocycles. The molecule has 0 aromatic rings. The molecule has 0 aliphatic carbocycles. The smallest absolute Gasteiger partial charge is 0.149 e. The lowest BCUT2D eigenvalue weighted by Gasteiger charge is -2.36. The van der Waals surface area contributed by atoms with E-state index in [0.29, 0.717) is 13.0 Å². The minimum atomic E-state index is -1.36. The van der Waals surface area contributed by atoms with Gasteiger partial charge in [0.2, 0.25) is 0 Å². The Morgan fingerprint density at radius 3 is 2.40 bits per heavy atom. The zero-order valence-corrected chi connectivity index (χ0v) is 6.32. The van der Waals surface area contributed by atoms with E-state index in [1.54, 1.807) is 13.8 Å². The zero-order chi connectivity index (χ0) is 7.78. The Bertz CT molecular complexity index is 125. The topological polar surface area (TPSA) is 12.0 Å². The van der Waals surface area contributed by atoms with Crippen LogP contribution in [0, 0.1) is 0 Å². The van der Waals surface area contributed by atoms with Crippen molar-refractivity contribution in [3.05, 3.63) is 0 Å². The Labute approximate surface area is 59.8 Å². The van der Waals surface area contributed by atoms with Crippen molar-refractivity contribution in [2.24, 2.45) is 0 Å². The van der Waals surface area contributed by atoms with Gasteiger partial charge in [0.15, 0.2) is 0 Å². The number of hydrogen-bond acceptors (Lipinski definition) is 1. The highest BCUT2D eigenvalue weighted by Gasteiger charge is 2.39. The second kappa shape index (κ2) is 2.46. The molecule has 0 radical (unpaired) electrons. The van der Waals surface area contributed by atoms with Crippen LogP contribution in [0.5, 0.6) is 0 Å². The Hall–Kier alpha value is -0.180. The number of piperidine rings is 1. The first-order valence-corrected chi connectivity index (χ1v) is 3.57. The summed E-state index contributed by atoms with van der Waals surface area (Å²) in [6, 6.07) is 0. The van der Waals surface area contributed by atoms with E-state index < -0.39 is 17.9 Å². The van der Waals surface area contributed by atoms with Gasteiger partial charge in [-0.3, -0.25) is 0 Å². The fourth-order valence-electron chi connectivity index (χ4n) is 1.23. The first-order chi connectivity index (χ1) is 4.54. The van der Waals surface area contributed by atoms with E-state index in [0.717, 1.165) is 0 Å². The maximum absolute atomic E-state index is 12.9. The van der Waals surface area contributed by atoms with Gasteiger partial charge < -0.3 is 5.32 Å². The van der Waals surface area contributed by atoms with Crippen LogP contribution in [-0.2, 0) is 0 Å². The molecule has 2 atom stereocenters. The molecule has 1 fully saturated rings. The molecule has 10 heavy (non-hydrogen) atoms. The summed E-state index contributed by atoms with van der Waals surface area (Å²) in [6.45, 7) is 3.95. The summed E-state index contributed by atoms with van der Waals surface area (Å²) in [7, 11) is 0. The van der Waals surface area contributed by atoms with Crippen LogP contribution in [0.15, 0.2) is 0 Å². The van der Waals surface area contributed by atoms with Crippen LogP contribution < -0.4 is 5.32 Å². The SMILES string of the molecule is CC1(C)NCCC(F)C1F. The number of nitrogens with one attached hydrogen (secondary N) is 1. The molecule has 2 unspecified atom stereocenters. The van der Waals surface area contributed by atoms with Crippen molar-refractivity contribution in [2.45, 2.75) is 38.2 Å². The van der Waals surface area contributed by atoms with E-state index in [2.05, 4.69) is 5.32 Å². The summed E-state index contributed by atoms with van der Waals surface area (Å²) >= 11 is 0. The van der Waals surface area contributed by atoms with E-state index in [-0.39, 0.29) is 0 Å². The van der Waals surface area contributed by atoms with Crippen molar-refractivity contribution in [3.8, 4) is 0 Å². The van der Waals surface area contributed by atoms with Crippen LogP contribution in [0.2, 0.25) is 0 Å². The number of hydrogen-bond donors (Lipinski definition) is 1. The molecule has 0 amide bonds. The third-order valence-corrected chi connectivity index (χ3v) is 2.01. The minimum absolute atomic E-state index is 0.296. The maximum Gasteiger partial charge on any atom is 0.149 e. The molecule has 1 saturated heterocycles. The van der Waals surface area contributed by atoms with Crippen molar-refractivity contribution >= 4 is 0 Å². The van der Waals surface area contributed by atoms with Gasteiger partial charge >= 0.3 is 0 Å². The molecule has 1 N–H and O–H groups in total. The lowest BCUT2D eigenvalue weighted by atomic mass is 9.90. The van der Waals surface area contributed by atoms with E-state index >= 15 is 0 Å². The standard InChI is InChI=1S/C7H13F2N/c1-7(2)6(9)5(8)3-4-10-7/h5-6,10H,3-4H2,1-2H3. The zero-order valence-electron chi connectivity index (χ0n) is 6.32. The highest BCUT2D eigenvalue weighted by Crippen LogP contribution is 2.24. The second-order valence-corrected chi connectivity index (χ2v) is 3.35. The number of rotatable bonds is 0. The van der Waals surface area contributed by atoms with Crippen LogP contribution in [0.4, 0.5) is 8.78 Å². The predicted octanol–water partition coefficient (Wildman–Crippen LogP) is 1.43. The normalized spacial score (nSPS) is 39.6.